The maximum atomic E-state index is 12.0. The Morgan fingerprint density at radius 3 is 2.30 bits per heavy atom. The number of rotatable bonds is 3. The van der Waals surface area contributed by atoms with Crippen LogP contribution in [0.1, 0.15) is 21.5 Å². The van der Waals surface area contributed by atoms with Gasteiger partial charge in [-0.1, -0.05) is 0 Å². The van der Waals surface area contributed by atoms with E-state index in [-0.39, 0.29) is 10.5 Å². The number of primary sulfonamides is 1. The summed E-state index contributed by atoms with van der Waals surface area (Å²) in [5, 5.41) is 6.63. The summed E-state index contributed by atoms with van der Waals surface area (Å²) >= 11 is 0. The van der Waals surface area contributed by atoms with E-state index in [0.717, 1.165) is 6.07 Å². The van der Waals surface area contributed by atoms with E-state index in [2.05, 4.69) is 0 Å². The molecule has 1 aromatic rings. The number of hydrogen-bond acceptors (Lipinski definition) is 3. The molecule has 0 heterocycles. The number of aryl methyl sites for hydroxylation is 1. The number of amides is 1. The van der Waals surface area contributed by atoms with Gasteiger partial charge in [0.2, 0.25) is 10.0 Å². The monoisotopic (exact) mass is 310 g/mol. The molecule has 0 saturated heterocycles. The molecular weight excluding hydrogens is 297 g/mol. The van der Waals surface area contributed by atoms with Crippen LogP contribution in [0, 0.1) is 13.8 Å². The number of benzene rings is 1. The maximum absolute atomic E-state index is 12.0. The first-order chi connectivity index (χ1) is 8.92. The lowest BCUT2D eigenvalue weighted by molar-refractivity contribution is -0.123. The molecule has 1 aromatic carbocycles. The number of hydrogen-bond donors (Lipinski definition) is 2. The minimum Gasteiger partial charge on any atom is -0.343 e. The largest absolute Gasteiger partial charge is 0.405 e. The average molecular weight is 310 g/mol. The molecule has 112 valence electrons. The molecule has 3 N–H and O–H groups in total. The Balaban J connectivity index is 3.18. The van der Waals surface area contributed by atoms with Crippen LogP contribution in [0.25, 0.3) is 0 Å². The summed E-state index contributed by atoms with van der Waals surface area (Å²) in [5.74, 6) is -1.01. The highest BCUT2D eigenvalue weighted by Gasteiger charge is 2.28. The third-order valence-electron chi connectivity index (χ3n) is 2.66. The van der Waals surface area contributed by atoms with Gasteiger partial charge in [-0.25, -0.2) is 13.6 Å². The lowest BCUT2D eigenvalue weighted by Crippen LogP contribution is -2.34. The molecule has 0 aliphatic carbocycles. The van der Waals surface area contributed by atoms with Gasteiger partial charge in [0.1, 0.15) is 6.54 Å². The van der Waals surface area contributed by atoms with Gasteiger partial charge in [0.15, 0.2) is 0 Å². The van der Waals surface area contributed by atoms with Gasteiger partial charge in [-0.3, -0.25) is 4.79 Å². The number of sulfonamides is 1. The predicted molar refractivity (Wildman–Crippen MR) is 65.7 cm³/mol. The van der Waals surface area contributed by atoms with Crippen molar-refractivity contribution in [2.45, 2.75) is 24.9 Å². The van der Waals surface area contributed by atoms with Crippen LogP contribution in [0.2, 0.25) is 0 Å². The van der Waals surface area contributed by atoms with Crippen LogP contribution in [-0.4, -0.2) is 27.0 Å². The summed E-state index contributed by atoms with van der Waals surface area (Å²) in [5.41, 5.74) is 0.670. The van der Waals surface area contributed by atoms with Crippen LogP contribution in [0.15, 0.2) is 17.0 Å². The van der Waals surface area contributed by atoms with Gasteiger partial charge >= 0.3 is 6.18 Å². The third kappa shape index (κ3) is 4.20. The van der Waals surface area contributed by atoms with E-state index >= 15 is 0 Å². The summed E-state index contributed by atoms with van der Waals surface area (Å²) in [4.78, 5) is 11.4. The summed E-state index contributed by atoms with van der Waals surface area (Å²) in [6, 6.07) is 2.22. The Morgan fingerprint density at radius 1 is 1.30 bits per heavy atom. The van der Waals surface area contributed by atoms with E-state index < -0.39 is 28.7 Å². The summed E-state index contributed by atoms with van der Waals surface area (Å²) in [7, 11) is -4.04. The molecule has 20 heavy (non-hydrogen) atoms. The minimum atomic E-state index is -4.55. The topological polar surface area (TPSA) is 89.3 Å². The van der Waals surface area contributed by atoms with Crippen molar-refractivity contribution < 1.29 is 26.4 Å². The van der Waals surface area contributed by atoms with Crippen LogP contribution in [0.4, 0.5) is 13.2 Å². The van der Waals surface area contributed by atoms with Crippen molar-refractivity contribution in [3.8, 4) is 0 Å². The fraction of sp³-hybridized carbons (Fsp3) is 0.364. The Morgan fingerprint density at radius 2 is 1.85 bits per heavy atom. The number of carbonyl (C=O) groups is 1. The number of halogens is 3. The molecular formula is C11H13F3N2O3S. The van der Waals surface area contributed by atoms with Crippen molar-refractivity contribution >= 4 is 15.9 Å². The third-order valence-corrected chi connectivity index (χ3v) is 3.56. The van der Waals surface area contributed by atoms with E-state index in [1.165, 1.54) is 19.9 Å². The standard InChI is InChI=1S/C11H13F3N2O3S/c1-6-3-8(20(15,18)19)4-9(7(6)2)10(17)16-5-11(12,13)14/h3-4H,5H2,1-2H3,(H,16,17)(H2,15,18,19). The number of nitrogens with one attached hydrogen (secondary N) is 1. The zero-order valence-corrected chi connectivity index (χ0v) is 11.5. The minimum absolute atomic E-state index is 0.154. The van der Waals surface area contributed by atoms with Crippen LogP contribution < -0.4 is 10.5 Å². The smallest absolute Gasteiger partial charge is 0.343 e. The van der Waals surface area contributed by atoms with Crippen LogP contribution in [-0.2, 0) is 10.0 Å². The second-order valence-corrected chi connectivity index (χ2v) is 5.82. The van der Waals surface area contributed by atoms with Crippen molar-refractivity contribution in [2.24, 2.45) is 5.14 Å². The predicted octanol–water partition coefficient (Wildman–Crippen LogP) is 1.24. The van der Waals surface area contributed by atoms with Gasteiger partial charge < -0.3 is 5.32 Å². The number of carbonyl (C=O) groups excluding carboxylic acids is 1. The highest BCUT2D eigenvalue weighted by molar-refractivity contribution is 7.89. The molecule has 0 aliphatic rings. The molecule has 0 saturated carbocycles. The van der Waals surface area contributed by atoms with Crippen molar-refractivity contribution in [1.82, 2.24) is 5.32 Å². The summed E-state index contributed by atoms with van der Waals surface area (Å²) in [6.07, 6.45) is -4.55. The SMILES string of the molecule is Cc1cc(S(N)(=O)=O)cc(C(=O)NCC(F)(F)F)c1C. The molecule has 0 aromatic heterocycles. The first kappa shape index (κ1) is 16.4. The molecule has 0 atom stereocenters. The van der Waals surface area contributed by atoms with Crippen molar-refractivity contribution in [3.05, 3.63) is 28.8 Å². The number of alkyl halides is 3. The summed E-state index contributed by atoms with van der Waals surface area (Å²) < 4.78 is 58.7. The fourth-order valence-corrected chi connectivity index (χ4v) is 2.13. The highest BCUT2D eigenvalue weighted by Crippen LogP contribution is 2.20. The molecule has 1 amide bonds. The second kappa shape index (κ2) is 5.41. The van der Waals surface area contributed by atoms with E-state index in [1.807, 2.05) is 0 Å². The summed E-state index contributed by atoms with van der Waals surface area (Å²) in [6.45, 7) is 1.54. The first-order valence-electron chi connectivity index (χ1n) is 5.41. The van der Waals surface area contributed by atoms with Gasteiger partial charge in [-0.2, -0.15) is 13.2 Å². The van der Waals surface area contributed by atoms with Crippen LogP contribution >= 0.6 is 0 Å². The molecule has 0 radical (unpaired) electrons. The van der Waals surface area contributed by atoms with Gasteiger partial charge in [-0.05, 0) is 37.1 Å². The normalized spacial score (nSPS) is 12.3. The number of nitrogens with two attached hydrogens (primary N) is 1. The Bertz CT molecular complexity index is 639. The van der Waals surface area contributed by atoms with Crippen molar-refractivity contribution in [3.63, 3.8) is 0 Å². The lowest BCUT2D eigenvalue weighted by atomic mass is 10.0. The van der Waals surface area contributed by atoms with Crippen LogP contribution in [0.3, 0.4) is 0 Å². The van der Waals surface area contributed by atoms with Crippen molar-refractivity contribution in [1.29, 1.82) is 0 Å². The quantitative estimate of drug-likeness (QED) is 0.880. The molecule has 9 heteroatoms. The Labute approximate surface area is 114 Å². The lowest BCUT2D eigenvalue weighted by Gasteiger charge is -2.12. The second-order valence-electron chi connectivity index (χ2n) is 4.26. The molecule has 5 nitrogen and oxygen atoms in total. The molecule has 0 aliphatic heterocycles. The van der Waals surface area contributed by atoms with Gasteiger partial charge in [0, 0.05) is 5.56 Å². The van der Waals surface area contributed by atoms with Gasteiger partial charge in [-0.15, -0.1) is 0 Å². The van der Waals surface area contributed by atoms with Crippen LogP contribution in [0.5, 0.6) is 0 Å². The van der Waals surface area contributed by atoms with E-state index in [0.29, 0.717) is 11.1 Å². The first-order valence-corrected chi connectivity index (χ1v) is 6.95. The van der Waals surface area contributed by atoms with E-state index in [9.17, 15) is 26.4 Å². The van der Waals surface area contributed by atoms with Gasteiger partial charge in [0.05, 0.1) is 4.90 Å². The maximum Gasteiger partial charge on any atom is 0.405 e. The molecule has 0 fully saturated rings. The molecule has 0 bridgehead atoms. The Kier molecular flexibility index (Phi) is 4.45. The van der Waals surface area contributed by atoms with Gasteiger partial charge in [0.25, 0.3) is 5.91 Å². The average Bonchev–Trinajstić information content (AvgIpc) is 2.27. The van der Waals surface area contributed by atoms with E-state index in [4.69, 9.17) is 5.14 Å². The zero-order valence-electron chi connectivity index (χ0n) is 10.7. The molecule has 1 rings (SSSR count). The Hall–Kier alpha value is -1.61. The molecule has 0 spiro atoms. The van der Waals surface area contributed by atoms with E-state index in [1.54, 1.807) is 5.32 Å². The zero-order chi connectivity index (χ0) is 15.7. The molecule has 0 unspecified atom stereocenters. The highest BCUT2D eigenvalue weighted by atomic mass is 32.2. The fourth-order valence-electron chi connectivity index (χ4n) is 1.50. The van der Waals surface area contributed by atoms with Crippen molar-refractivity contribution in [2.75, 3.05) is 6.54 Å².